The molecule has 0 unspecified atom stereocenters. The fourth-order valence-corrected chi connectivity index (χ4v) is 5.71. The van der Waals surface area contributed by atoms with E-state index in [1.807, 2.05) is 0 Å². The lowest BCUT2D eigenvalue weighted by Gasteiger charge is -2.30. The van der Waals surface area contributed by atoms with Crippen molar-refractivity contribution in [1.82, 2.24) is 4.31 Å². The zero-order valence-electron chi connectivity index (χ0n) is 12.2. The first-order valence-corrected chi connectivity index (χ1v) is 10.4. The largest absolute Gasteiger partial charge is 0.381 e. The van der Waals surface area contributed by atoms with Crippen LogP contribution < -0.4 is 5.14 Å². The number of hydrogen-bond acceptors (Lipinski definition) is 5. The number of sulfonamides is 2. The van der Waals surface area contributed by atoms with Crippen molar-refractivity contribution in [3.8, 4) is 0 Å². The van der Waals surface area contributed by atoms with Crippen molar-refractivity contribution >= 4 is 43.2 Å². The Morgan fingerprint density at radius 1 is 1.13 bits per heavy atom. The maximum Gasteiger partial charge on any atom is 0.246 e. The zero-order chi connectivity index (χ0) is 17.4. The van der Waals surface area contributed by atoms with Gasteiger partial charge >= 0.3 is 0 Å². The summed E-state index contributed by atoms with van der Waals surface area (Å²) in [5.74, 6) is 0. The SMILES string of the molecule is COC1CCN(S(=O)(=O)c2c(Cl)cc(S(N)(=O)=O)cc2Cl)CC1. The van der Waals surface area contributed by atoms with Crippen molar-refractivity contribution in [3.63, 3.8) is 0 Å². The normalized spacial score (nSPS) is 18.3. The molecule has 1 aliphatic rings. The van der Waals surface area contributed by atoms with Crippen LogP contribution in [0.15, 0.2) is 21.9 Å². The van der Waals surface area contributed by atoms with Gasteiger partial charge in [-0.1, -0.05) is 23.2 Å². The molecule has 1 aliphatic heterocycles. The van der Waals surface area contributed by atoms with Crippen LogP contribution >= 0.6 is 23.2 Å². The molecular weight excluding hydrogens is 387 g/mol. The van der Waals surface area contributed by atoms with E-state index in [9.17, 15) is 16.8 Å². The van der Waals surface area contributed by atoms with Gasteiger partial charge in [0.2, 0.25) is 20.0 Å². The molecule has 0 radical (unpaired) electrons. The summed E-state index contributed by atoms with van der Waals surface area (Å²) in [6.45, 7) is 0.537. The van der Waals surface area contributed by atoms with Gasteiger partial charge in [-0.25, -0.2) is 22.0 Å². The van der Waals surface area contributed by atoms with Crippen LogP contribution in [0.25, 0.3) is 0 Å². The quantitative estimate of drug-likeness (QED) is 0.819. The van der Waals surface area contributed by atoms with Gasteiger partial charge < -0.3 is 4.74 Å². The molecule has 0 spiro atoms. The third kappa shape index (κ3) is 3.98. The van der Waals surface area contributed by atoms with Crippen molar-refractivity contribution in [2.24, 2.45) is 5.14 Å². The second kappa shape index (κ2) is 6.83. The summed E-state index contributed by atoms with van der Waals surface area (Å²) in [5.41, 5.74) is 0. The van der Waals surface area contributed by atoms with Crippen molar-refractivity contribution in [2.75, 3.05) is 20.2 Å². The molecule has 0 atom stereocenters. The van der Waals surface area contributed by atoms with Crippen LogP contribution in [0.1, 0.15) is 12.8 Å². The van der Waals surface area contributed by atoms with Gasteiger partial charge in [0.05, 0.1) is 21.0 Å². The zero-order valence-corrected chi connectivity index (χ0v) is 15.3. The molecule has 0 bridgehead atoms. The van der Waals surface area contributed by atoms with Crippen LogP contribution in [0.3, 0.4) is 0 Å². The summed E-state index contributed by atoms with van der Waals surface area (Å²) in [4.78, 5) is -0.659. The van der Waals surface area contributed by atoms with E-state index >= 15 is 0 Å². The smallest absolute Gasteiger partial charge is 0.246 e. The van der Waals surface area contributed by atoms with Crippen molar-refractivity contribution in [3.05, 3.63) is 22.2 Å². The Kier molecular flexibility index (Phi) is 5.62. The Labute approximate surface area is 145 Å². The number of primary sulfonamides is 1. The summed E-state index contributed by atoms with van der Waals surface area (Å²) in [6, 6.07) is 1.97. The van der Waals surface area contributed by atoms with E-state index in [1.165, 1.54) is 4.31 Å². The molecule has 2 N–H and O–H groups in total. The molecule has 2 rings (SSSR count). The van der Waals surface area contributed by atoms with E-state index in [-0.39, 0.29) is 39.0 Å². The topological polar surface area (TPSA) is 107 Å². The van der Waals surface area contributed by atoms with Gasteiger partial charge in [0.25, 0.3) is 0 Å². The van der Waals surface area contributed by atoms with Crippen LogP contribution in [0, 0.1) is 0 Å². The molecule has 130 valence electrons. The number of ether oxygens (including phenoxy) is 1. The van der Waals surface area contributed by atoms with E-state index in [2.05, 4.69) is 0 Å². The monoisotopic (exact) mass is 402 g/mol. The minimum Gasteiger partial charge on any atom is -0.381 e. The minimum absolute atomic E-state index is 0.0113. The standard InChI is InChI=1S/C12H16Cl2N2O5S2/c1-21-8-2-4-16(5-3-8)23(19,20)12-10(13)6-9(7-11(12)14)22(15,17)18/h6-8H,2-5H2,1H3,(H2,15,17,18). The molecule has 1 fully saturated rings. The van der Waals surface area contributed by atoms with Gasteiger partial charge in [-0.2, -0.15) is 4.31 Å². The predicted molar refractivity (Wildman–Crippen MR) is 86.6 cm³/mol. The Hall–Kier alpha value is -0.420. The Morgan fingerprint density at radius 3 is 2.00 bits per heavy atom. The van der Waals surface area contributed by atoms with Crippen LogP contribution in [-0.2, 0) is 24.8 Å². The highest BCUT2D eigenvalue weighted by atomic mass is 35.5. The first-order valence-electron chi connectivity index (χ1n) is 6.62. The second-order valence-corrected chi connectivity index (χ2v) is 9.35. The van der Waals surface area contributed by atoms with Crippen LogP contribution in [0.4, 0.5) is 0 Å². The first kappa shape index (κ1) is 18.9. The third-order valence-corrected chi connectivity index (χ3v) is 7.35. The second-order valence-electron chi connectivity index (χ2n) is 5.10. The van der Waals surface area contributed by atoms with Gasteiger partial charge in [-0.05, 0) is 25.0 Å². The minimum atomic E-state index is -4.04. The predicted octanol–water partition coefficient (Wildman–Crippen LogP) is 1.44. The highest BCUT2D eigenvalue weighted by Gasteiger charge is 2.33. The number of benzene rings is 1. The van der Waals surface area contributed by atoms with Crippen LogP contribution in [0.5, 0.6) is 0 Å². The molecule has 11 heteroatoms. The molecule has 0 aliphatic carbocycles. The average Bonchev–Trinajstić information content (AvgIpc) is 2.45. The van der Waals surface area contributed by atoms with Crippen molar-refractivity contribution in [1.29, 1.82) is 0 Å². The Bertz CT molecular complexity index is 780. The summed E-state index contributed by atoms with van der Waals surface area (Å²) in [6.07, 6.45) is 1.12. The third-order valence-electron chi connectivity index (χ3n) is 3.63. The van der Waals surface area contributed by atoms with Crippen LogP contribution in [0.2, 0.25) is 10.0 Å². The maximum absolute atomic E-state index is 12.7. The molecule has 1 saturated heterocycles. The number of nitrogens with zero attached hydrogens (tertiary/aromatic N) is 1. The maximum atomic E-state index is 12.7. The average molecular weight is 403 g/mol. The summed E-state index contributed by atoms with van der Waals surface area (Å²) >= 11 is 11.9. The van der Waals surface area contributed by atoms with Crippen LogP contribution in [-0.4, -0.2) is 47.4 Å². The lowest BCUT2D eigenvalue weighted by molar-refractivity contribution is 0.0604. The summed E-state index contributed by atoms with van der Waals surface area (Å²) < 4.78 is 54.6. The fraction of sp³-hybridized carbons (Fsp3) is 0.500. The number of hydrogen-bond donors (Lipinski definition) is 1. The highest BCUT2D eigenvalue weighted by molar-refractivity contribution is 7.89. The first-order chi connectivity index (χ1) is 10.6. The van der Waals surface area contributed by atoms with E-state index in [0.29, 0.717) is 12.8 Å². The van der Waals surface area contributed by atoms with Gasteiger partial charge in [-0.15, -0.1) is 0 Å². The lowest BCUT2D eigenvalue weighted by Crippen LogP contribution is -2.40. The van der Waals surface area contributed by atoms with Crippen molar-refractivity contribution < 1.29 is 21.6 Å². The number of piperidine rings is 1. The van der Waals surface area contributed by atoms with E-state index < -0.39 is 20.0 Å². The molecule has 7 nitrogen and oxygen atoms in total. The summed E-state index contributed by atoms with van der Waals surface area (Å²) in [5, 5.41) is 4.44. The number of nitrogens with two attached hydrogens (primary N) is 1. The van der Waals surface area contributed by atoms with E-state index in [4.69, 9.17) is 33.1 Å². The molecule has 0 amide bonds. The van der Waals surface area contributed by atoms with Gasteiger partial charge in [0.15, 0.2) is 0 Å². The summed E-state index contributed by atoms with van der Waals surface area (Å²) in [7, 11) is -6.40. The van der Waals surface area contributed by atoms with E-state index in [1.54, 1.807) is 7.11 Å². The molecule has 0 saturated carbocycles. The van der Waals surface area contributed by atoms with Gasteiger partial charge in [0, 0.05) is 20.2 Å². The van der Waals surface area contributed by atoms with Gasteiger partial charge in [-0.3, -0.25) is 0 Å². The Morgan fingerprint density at radius 2 is 1.61 bits per heavy atom. The molecular formula is C12H16Cl2N2O5S2. The molecule has 1 heterocycles. The number of rotatable bonds is 4. The van der Waals surface area contributed by atoms with Crippen molar-refractivity contribution in [2.45, 2.75) is 28.7 Å². The molecule has 23 heavy (non-hydrogen) atoms. The lowest BCUT2D eigenvalue weighted by atomic mass is 10.1. The van der Waals surface area contributed by atoms with Gasteiger partial charge in [0.1, 0.15) is 4.90 Å². The molecule has 1 aromatic rings. The molecule has 0 aromatic heterocycles. The number of methoxy groups -OCH3 is 1. The van der Waals surface area contributed by atoms with E-state index in [0.717, 1.165) is 12.1 Å². The fourth-order valence-electron chi connectivity index (χ4n) is 2.38. The number of halogens is 2. The Balaban J connectivity index is 2.41. The highest BCUT2D eigenvalue weighted by Crippen LogP contribution is 2.35. The molecule has 1 aromatic carbocycles.